The van der Waals surface area contributed by atoms with Crippen LogP contribution in [0.2, 0.25) is 0 Å². The number of anilines is 1. The summed E-state index contributed by atoms with van der Waals surface area (Å²) in [6.07, 6.45) is -2.05. The first kappa shape index (κ1) is 22.9. The van der Waals surface area contributed by atoms with Crippen LogP contribution in [0.3, 0.4) is 0 Å². The van der Waals surface area contributed by atoms with Gasteiger partial charge in [-0.15, -0.1) is 11.3 Å². The Hall–Kier alpha value is -2.28. The van der Waals surface area contributed by atoms with E-state index >= 15 is 0 Å². The summed E-state index contributed by atoms with van der Waals surface area (Å²) >= 11 is 1.93. The normalized spacial score (nSPS) is 17.9. The molecule has 1 saturated heterocycles. The third-order valence-electron chi connectivity index (χ3n) is 5.05. The van der Waals surface area contributed by atoms with Gasteiger partial charge in [0.1, 0.15) is 4.21 Å². The SMILES string of the molecule is O=C(c1cnc(NC(C2CCCN2)S(=O)(=O)c2cccs2)s1)c1ccccc1C(F)(F)F. The molecule has 12 heteroatoms. The number of hydrogen-bond acceptors (Lipinski definition) is 8. The van der Waals surface area contributed by atoms with Crippen LogP contribution < -0.4 is 10.6 Å². The second-order valence-corrected chi connectivity index (χ2v) is 11.4. The first-order valence-electron chi connectivity index (χ1n) is 9.62. The van der Waals surface area contributed by atoms with Crippen molar-refractivity contribution >= 4 is 43.4 Å². The summed E-state index contributed by atoms with van der Waals surface area (Å²) in [5, 5.41) is 6.88. The van der Waals surface area contributed by atoms with Gasteiger partial charge in [-0.05, 0) is 36.9 Å². The van der Waals surface area contributed by atoms with Gasteiger partial charge in [0.05, 0.1) is 16.6 Å². The summed E-state index contributed by atoms with van der Waals surface area (Å²) in [5.74, 6) is -0.819. The maximum Gasteiger partial charge on any atom is 0.417 e. The Bertz CT molecular complexity index is 1200. The highest BCUT2D eigenvalue weighted by Gasteiger charge is 2.38. The zero-order chi connectivity index (χ0) is 22.9. The number of alkyl halides is 3. The molecule has 1 aromatic carbocycles. The Morgan fingerprint density at radius 1 is 1.22 bits per heavy atom. The van der Waals surface area contributed by atoms with Crippen molar-refractivity contribution in [1.29, 1.82) is 0 Å². The fourth-order valence-corrected chi connectivity index (χ4v) is 7.34. The first-order valence-corrected chi connectivity index (χ1v) is 12.9. The number of nitrogens with zero attached hydrogens (tertiary/aromatic N) is 1. The molecule has 0 radical (unpaired) electrons. The Kier molecular flexibility index (Phi) is 6.39. The van der Waals surface area contributed by atoms with Gasteiger partial charge in [-0.3, -0.25) is 4.79 Å². The van der Waals surface area contributed by atoms with Crippen LogP contribution in [0.4, 0.5) is 18.3 Å². The molecule has 32 heavy (non-hydrogen) atoms. The van der Waals surface area contributed by atoms with Gasteiger partial charge in [0.2, 0.25) is 15.6 Å². The lowest BCUT2D eigenvalue weighted by Gasteiger charge is -2.24. The zero-order valence-electron chi connectivity index (χ0n) is 16.4. The number of carbonyl (C=O) groups excluding carboxylic acids is 1. The van der Waals surface area contributed by atoms with Crippen LogP contribution in [0, 0.1) is 0 Å². The summed E-state index contributed by atoms with van der Waals surface area (Å²) in [5.41, 5.74) is -1.50. The molecule has 0 saturated carbocycles. The van der Waals surface area contributed by atoms with E-state index < -0.39 is 38.3 Å². The molecular weight excluding hydrogens is 483 g/mol. The van der Waals surface area contributed by atoms with Crippen LogP contribution >= 0.6 is 22.7 Å². The van der Waals surface area contributed by atoms with Gasteiger partial charge in [-0.1, -0.05) is 35.6 Å². The van der Waals surface area contributed by atoms with Crippen molar-refractivity contribution in [3.63, 3.8) is 0 Å². The quantitative estimate of drug-likeness (QED) is 0.466. The minimum atomic E-state index is -4.67. The molecule has 170 valence electrons. The predicted octanol–water partition coefficient (Wildman–Crippen LogP) is 4.42. The first-order chi connectivity index (χ1) is 15.2. The fraction of sp³-hybridized carbons (Fsp3) is 0.300. The summed E-state index contributed by atoms with van der Waals surface area (Å²) in [6, 6.07) is 7.35. The Morgan fingerprint density at radius 3 is 2.66 bits per heavy atom. The number of thiazole rings is 1. The Balaban J connectivity index is 1.62. The van der Waals surface area contributed by atoms with Gasteiger partial charge in [-0.25, -0.2) is 13.4 Å². The molecule has 1 fully saturated rings. The average Bonchev–Trinajstić information content (AvgIpc) is 3.53. The van der Waals surface area contributed by atoms with Gasteiger partial charge < -0.3 is 10.6 Å². The smallest absolute Gasteiger partial charge is 0.343 e. The van der Waals surface area contributed by atoms with Crippen molar-refractivity contribution in [2.75, 3.05) is 11.9 Å². The second kappa shape index (κ2) is 8.93. The number of sulfone groups is 1. The van der Waals surface area contributed by atoms with Crippen LogP contribution in [0.1, 0.15) is 33.6 Å². The summed E-state index contributed by atoms with van der Waals surface area (Å²) in [4.78, 5) is 16.8. The molecule has 4 rings (SSSR count). The van der Waals surface area contributed by atoms with E-state index in [9.17, 15) is 26.4 Å². The molecule has 1 aliphatic heterocycles. The molecule has 3 aromatic rings. The largest absolute Gasteiger partial charge is 0.417 e. The third-order valence-corrected chi connectivity index (χ3v) is 9.43. The molecule has 0 spiro atoms. The maximum absolute atomic E-state index is 13.3. The lowest BCUT2D eigenvalue weighted by atomic mass is 10.0. The van der Waals surface area contributed by atoms with Gasteiger partial charge >= 0.3 is 6.18 Å². The highest BCUT2D eigenvalue weighted by Crippen LogP contribution is 2.34. The molecule has 0 amide bonds. The third kappa shape index (κ3) is 4.58. The van der Waals surface area contributed by atoms with Crippen LogP contribution in [-0.2, 0) is 16.0 Å². The second-order valence-electron chi connectivity index (χ2n) is 7.15. The molecule has 0 aliphatic carbocycles. The Morgan fingerprint density at radius 2 is 2.00 bits per heavy atom. The summed E-state index contributed by atoms with van der Waals surface area (Å²) < 4.78 is 66.5. The van der Waals surface area contributed by atoms with Crippen molar-refractivity contribution in [3.05, 3.63) is 64.0 Å². The maximum atomic E-state index is 13.3. The number of thiophene rings is 1. The minimum Gasteiger partial charge on any atom is -0.343 e. The van der Waals surface area contributed by atoms with E-state index in [0.29, 0.717) is 13.0 Å². The standard InChI is InChI=1S/C20H18F3N3O3S3/c21-20(22,23)13-6-2-1-5-12(13)17(27)15-11-25-19(31-15)26-18(14-7-3-9-24-14)32(28,29)16-8-4-10-30-16/h1-2,4-6,8,10-11,14,18,24H,3,7,9H2,(H,25,26). The van der Waals surface area contributed by atoms with Gasteiger partial charge in [0.25, 0.3) is 0 Å². The van der Waals surface area contributed by atoms with E-state index in [4.69, 9.17) is 0 Å². The van der Waals surface area contributed by atoms with Crippen molar-refractivity contribution < 1.29 is 26.4 Å². The highest BCUT2D eigenvalue weighted by molar-refractivity contribution is 7.94. The predicted molar refractivity (Wildman–Crippen MR) is 117 cm³/mol. The number of benzene rings is 1. The van der Waals surface area contributed by atoms with Crippen molar-refractivity contribution in [1.82, 2.24) is 10.3 Å². The molecule has 2 N–H and O–H groups in total. The van der Waals surface area contributed by atoms with E-state index in [1.165, 1.54) is 24.4 Å². The zero-order valence-corrected chi connectivity index (χ0v) is 18.9. The summed E-state index contributed by atoms with van der Waals surface area (Å²) in [7, 11) is -3.75. The molecule has 0 bridgehead atoms. The number of ketones is 1. The molecule has 2 unspecified atom stereocenters. The van der Waals surface area contributed by atoms with Crippen molar-refractivity contribution in [2.45, 2.75) is 34.6 Å². The van der Waals surface area contributed by atoms with Crippen LogP contribution in [0.15, 0.2) is 52.2 Å². The van der Waals surface area contributed by atoms with Crippen LogP contribution in [0.5, 0.6) is 0 Å². The van der Waals surface area contributed by atoms with E-state index in [0.717, 1.165) is 41.2 Å². The molecular formula is C20H18F3N3O3S3. The molecule has 3 heterocycles. The van der Waals surface area contributed by atoms with Crippen molar-refractivity contribution in [2.24, 2.45) is 0 Å². The van der Waals surface area contributed by atoms with Gasteiger partial charge in [0, 0.05) is 11.6 Å². The average molecular weight is 502 g/mol. The molecule has 2 aromatic heterocycles. The number of nitrogens with one attached hydrogen (secondary N) is 2. The fourth-order valence-electron chi connectivity index (χ4n) is 3.54. The number of carbonyl (C=O) groups is 1. The lowest BCUT2D eigenvalue weighted by Crippen LogP contribution is -2.45. The van der Waals surface area contributed by atoms with Crippen molar-refractivity contribution in [3.8, 4) is 0 Å². The molecule has 1 aliphatic rings. The van der Waals surface area contributed by atoms with Gasteiger partial charge in [-0.2, -0.15) is 13.2 Å². The number of aromatic nitrogens is 1. The lowest BCUT2D eigenvalue weighted by molar-refractivity contribution is -0.137. The molecule has 2 atom stereocenters. The topological polar surface area (TPSA) is 88.2 Å². The molecule has 6 nitrogen and oxygen atoms in total. The monoisotopic (exact) mass is 501 g/mol. The van der Waals surface area contributed by atoms with Crippen LogP contribution in [0.25, 0.3) is 0 Å². The van der Waals surface area contributed by atoms with Gasteiger partial charge in [0.15, 0.2) is 10.5 Å². The van der Waals surface area contributed by atoms with E-state index in [-0.39, 0.29) is 20.3 Å². The minimum absolute atomic E-state index is 0.0177. The number of halogens is 3. The number of rotatable bonds is 7. The Labute approximate surface area is 190 Å². The number of hydrogen-bond donors (Lipinski definition) is 2. The van der Waals surface area contributed by atoms with E-state index in [2.05, 4.69) is 15.6 Å². The highest BCUT2D eigenvalue weighted by atomic mass is 32.2. The van der Waals surface area contributed by atoms with E-state index in [1.54, 1.807) is 11.4 Å². The van der Waals surface area contributed by atoms with Crippen LogP contribution in [-0.4, -0.2) is 37.1 Å². The van der Waals surface area contributed by atoms with E-state index in [1.807, 2.05) is 0 Å². The summed E-state index contributed by atoms with van der Waals surface area (Å²) in [6.45, 7) is 0.679.